The van der Waals surface area contributed by atoms with Gasteiger partial charge >= 0.3 is 0 Å². The lowest BCUT2D eigenvalue weighted by molar-refractivity contribution is 0.575. The van der Waals surface area contributed by atoms with Crippen LogP contribution in [-0.2, 0) is 19.3 Å². The minimum Gasteiger partial charge on any atom is -0.236 e. The maximum atomic E-state index is 4.61. The minimum absolute atomic E-state index is 0.836. The summed E-state index contributed by atoms with van der Waals surface area (Å²) in [6.07, 6.45) is 63.9. The van der Waals surface area contributed by atoms with Gasteiger partial charge in [-0.25, -0.2) is 29.9 Å². The number of hydrogen-bond donors (Lipinski definition) is 0. The number of hydrogen-bond acceptors (Lipinski definition) is 9. The molecule has 0 aliphatic rings. The van der Waals surface area contributed by atoms with Gasteiger partial charge in [0.05, 0.1) is 0 Å². The molecule has 0 saturated heterocycles. The third-order valence-corrected chi connectivity index (χ3v) is 19.5. The van der Waals surface area contributed by atoms with Gasteiger partial charge in [-0.1, -0.05) is 271 Å². The summed E-state index contributed by atoms with van der Waals surface area (Å²) >= 11 is 5.88. The molecule has 6 rings (SSSR count). The fourth-order valence-corrected chi connectivity index (χ4v) is 13.3. The SMILES string of the molecule is CCCCCCCCCCc1cnc(-c2ccc(SCCCCCCC)cc2)nc1.CCCCCCCCCc1cnc(-c2ccc(SCCCCCCC)cc2)nc1.CCCCCCCCc1cnc(-c2ccc(SCCCCCCC)cc2)nc1. The topological polar surface area (TPSA) is 77.3 Å². The molecule has 0 aliphatic carbocycles. The molecule has 6 nitrogen and oxygen atoms in total. The molecule has 3 aromatic heterocycles. The van der Waals surface area contributed by atoms with Crippen molar-refractivity contribution >= 4 is 35.3 Å². The summed E-state index contributed by atoms with van der Waals surface area (Å²) in [7, 11) is 0. The van der Waals surface area contributed by atoms with Gasteiger partial charge in [-0.05, 0) is 128 Å². The first-order valence-corrected chi connectivity index (χ1v) is 38.6. The Morgan fingerprint density at radius 1 is 0.218 bits per heavy atom. The molecule has 0 spiro atoms. The lowest BCUT2D eigenvalue weighted by Crippen LogP contribution is -1.93. The highest BCUT2D eigenvalue weighted by Gasteiger charge is 2.07. The lowest BCUT2D eigenvalue weighted by atomic mass is 10.1. The first-order chi connectivity index (χ1) is 43.0. The number of nitrogens with zero attached hydrogens (tertiary/aromatic N) is 6. The van der Waals surface area contributed by atoms with Crippen molar-refractivity contribution in [3.05, 3.63) is 127 Å². The molecule has 3 heterocycles. The van der Waals surface area contributed by atoms with E-state index < -0.39 is 0 Å². The Bertz CT molecular complexity index is 2410. The van der Waals surface area contributed by atoms with E-state index in [2.05, 4.69) is 144 Å². The van der Waals surface area contributed by atoms with Crippen molar-refractivity contribution in [2.24, 2.45) is 0 Å². The number of thioether (sulfide) groups is 3. The second kappa shape index (κ2) is 52.7. The third kappa shape index (κ3) is 37.0. The van der Waals surface area contributed by atoms with Crippen molar-refractivity contribution in [3.8, 4) is 34.2 Å². The Labute approximate surface area is 546 Å². The maximum Gasteiger partial charge on any atom is 0.159 e. The molecular weight excluding hydrogens is 1120 g/mol. The van der Waals surface area contributed by atoms with E-state index in [0.29, 0.717) is 0 Å². The summed E-state index contributed by atoms with van der Waals surface area (Å²) in [5.74, 6) is 6.16. The zero-order valence-electron chi connectivity index (χ0n) is 56.0. The van der Waals surface area contributed by atoms with Crippen molar-refractivity contribution < 1.29 is 0 Å². The van der Waals surface area contributed by atoms with Gasteiger partial charge in [0.15, 0.2) is 17.5 Å². The van der Waals surface area contributed by atoms with E-state index in [4.69, 9.17) is 0 Å². The monoisotopic (exact) mass is 1240 g/mol. The second-order valence-electron chi connectivity index (χ2n) is 24.2. The van der Waals surface area contributed by atoms with Crippen LogP contribution < -0.4 is 0 Å². The summed E-state index contributed by atoms with van der Waals surface area (Å²) in [5, 5.41) is 0. The van der Waals surface area contributed by atoms with Gasteiger partial charge in [-0.15, -0.1) is 35.3 Å². The fourth-order valence-electron chi connectivity index (χ4n) is 10.5. The van der Waals surface area contributed by atoms with Gasteiger partial charge in [0, 0.05) is 68.6 Å². The third-order valence-electron chi connectivity index (χ3n) is 16.2. The van der Waals surface area contributed by atoms with E-state index in [1.165, 1.54) is 280 Å². The summed E-state index contributed by atoms with van der Waals surface area (Å²) in [4.78, 5) is 31.7. The van der Waals surface area contributed by atoms with Gasteiger partial charge in [0.2, 0.25) is 0 Å². The zero-order chi connectivity index (χ0) is 61.7. The fraction of sp³-hybridized carbons (Fsp3) is 0.615. The normalized spacial score (nSPS) is 11.1. The summed E-state index contributed by atoms with van der Waals surface area (Å²) in [6.45, 7) is 13.6. The molecule has 0 aliphatic heterocycles. The van der Waals surface area contributed by atoms with Crippen LogP contribution in [0.15, 0.2) is 125 Å². The lowest BCUT2D eigenvalue weighted by Gasteiger charge is -2.05. The molecule has 0 saturated carbocycles. The average Bonchev–Trinajstić information content (AvgIpc) is 3.73. The van der Waals surface area contributed by atoms with Crippen molar-refractivity contribution in [2.75, 3.05) is 17.3 Å². The highest BCUT2D eigenvalue weighted by atomic mass is 32.2. The number of rotatable bonds is 48. The summed E-state index contributed by atoms with van der Waals surface area (Å²) in [6, 6.07) is 26.2. The second-order valence-corrected chi connectivity index (χ2v) is 27.7. The van der Waals surface area contributed by atoms with Crippen LogP contribution in [0.3, 0.4) is 0 Å². The molecular formula is C78H120N6S3. The quantitative estimate of drug-likeness (QED) is 0.0274. The minimum atomic E-state index is 0.836. The van der Waals surface area contributed by atoms with E-state index in [0.717, 1.165) is 53.4 Å². The van der Waals surface area contributed by atoms with Crippen LogP contribution in [0.1, 0.15) is 289 Å². The summed E-state index contributed by atoms with van der Waals surface area (Å²) < 4.78 is 0. The average molecular weight is 1240 g/mol. The molecule has 0 amide bonds. The molecule has 0 atom stereocenters. The maximum absolute atomic E-state index is 4.61. The highest BCUT2D eigenvalue weighted by molar-refractivity contribution is 7.99. The molecule has 0 radical (unpaired) electrons. The Hall–Kier alpha value is -4.05. The molecule has 0 N–H and O–H groups in total. The van der Waals surface area contributed by atoms with Crippen LogP contribution in [-0.4, -0.2) is 47.2 Å². The largest absolute Gasteiger partial charge is 0.236 e. The molecule has 480 valence electrons. The van der Waals surface area contributed by atoms with Crippen molar-refractivity contribution in [1.82, 2.24) is 29.9 Å². The Morgan fingerprint density at radius 3 is 0.609 bits per heavy atom. The van der Waals surface area contributed by atoms with Crippen molar-refractivity contribution in [2.45, 2.75) is 307 Å². The zero-order valence-corrected chi connectivity index (χ0v) is 58.4. The molecule has 9 heteroatoms. The van der Waals surface area contributed by atoms with Gasteiger partial charge in [-0.2, -0.15) is 0 Å². The number of aromatic nitrogens is 6. The molecule has 6 aromatic rings. The van der Waals surface area contributed by atoms with Crippen LogP contribution >= 0.6 is 35.3 Å². The van der Waals surface area contributed by atoms with E-state index in [1.807, 2.05) is 72.5 Å². The first-order valence-electron chi connectivity index (χ1n) is 35.6. The van der Waals surface area contributed by atoms with Gasteiger partial charge in [-0.3, -0.25) is 0 Å². The van der Waals surface area contributed by atoms with Crippen molar-refractivity contribution in [3.63, 3.8) is 0 Å². The highest BCUT2D eigenvalue weighted by Crippen LogP contribution is 2.27. The number of unbranched alkanes of at least 4 members (excludes halogenated alkanes) is 30. The molecule has 0 fully saturated rings. The number of benzene rings is 3. The van der Waals surface area contributed by atoms with Crippen LogP contribution in [0.25, 0.3) is 34.2 Å². The van der Waals surface area contributed by atoms with E-state index in [-0.39, 0.29) is 0 Å². The van der Waals surface area contributed by atoms with E-state index in [1.54, 1.807) is 0 Å². The Morgan fingerprint density at radius 2 is 0.402 bits per heavy atom. The van der Waals surface area contributed by atoms with Crippen LogP contribution in [0.5, 0.6) is 0 Å². The molecule has 87 heavy (non-hydrogen) atoms. The Kier molecular flexibility index (Phi) is 45.7. The van der Waals surface area contributed by atoms with E-state index >= 15 is 0 Å². The van der Waals surface area contributed by atoms with Crippen LogP contribution in [0.2, 0.25) is 0 Å². The first kappa shape index (κ1) is 75.4. The van der Waals surface area contributed by atoms with Gasteiger partial charge < -0.3 is 0 Å². The predicted molar refractivity (Wildman–Crippen MR) is 386 cm³/mol. The van der Waals surface area contributed by atoms with Gasteiger partial charge in [0.25, 0.3) is 0 Å². The van der Waals surface area contributed by atoms with Crippen LogP contribution in [0.4, 0.5) is 0 Å². The summed E-state index contributed by atoms with van der Waals surface area (Å²) in [5.41, 5.74) is 7.12. The molecule has 0 bridgehead atoms. The van der Waals surface area contributed by atoms with Crippen molar-refractivity contribution in [1.29, 1.82) is 0 Å². The van der Waals surface area contributed by atoms with Gasteiger partial charge in [0.1, 0.15) is 0 Å². The smallest absolute Gasteiger partial charge is 0.159 e. The van der Waals surface area contributed by atoms with Crippen LogP contribution in [0, 0.1) is 0 Å². The standard InChI is InChI=1S/C27H42N2S.C26H40N2S.C25H38N2S/c1-3-5-7-9-10-11-12-14-16-24-22-28-27(29-23-24)25-17-19-26(20-18-25)30-21-15-13-8-6-4-2;1-3-5-7-9-10-11-13-15-23-21-27-26(28-22-23)24-16-18-25(19-17-24)29-20-14-12-8-6-4-2;1-3-5-7-9-10-12-14-22-20-26-25(27-21-22)23-15-17-24(18-16-23)28-19-13-11-8-6-4-2/h17-20,22-23H,3-16,21H2,1-2H3;16-19,21-22H,3-15,20H2,1-2H3;15-18,20-21H,3-14,19H2,1-2H3. The number of aryl methyl sites for hydroxylation is 3. The van der Waals surface area contributed by atoms with E-state index in [9.17, 15) is 0 Å². The Balaban J connectivity index is 0.000000279. The molecule has 3 aromatic carbocycles. The predicted octanol–water partition coefficient (Wildman–Crippen LogP) is 25.5. The molecule has 0 unspecified atom stereocenters.